The molecule has 0 spiro atoms. The Morgan fingerprint density at radius 3 is 2.15 bits per heavy atom. The van der Waals surface area contributed by atoms with Crippen molar-refractivity contribution in [2.75, 3.05) is 14.2 Å². The van der Waals surface area contributed by atoms with Crippen LogP contribution < -0.4 is 9.47 Å². The van der Waals surface area contributed by atoms with Crippen LogP contribution >= 0.6 is 0 Å². The third-order valence-corrected chi connectivity index (χ3v) is 7.11. The molecule has 1 atom stereocenters. The summed E-state index contributed by atoms with van der Waals surface area (Å²) in [6, 6.07) is 25.5. The van der Waals surface area contributed by atoms with E-state index >= 15 is 0 Å². The van der Waals surface area contributed by atoms with Gasteiger partial charge in [0.2, 0.25) is 0 Å². The fraction of sp³-hybridized carbons (Fsp3) is 0.130. The molecular formula is C23H20O2Se. The number of methoxy groups -OCH3 is 2. The van der Waals surface area contributed by atoms with Crippen LogP contribution in [0.4, 0.5) is 0 Å². The number of benzene rings is 3. The summed E-state index contributed by atoms with van der Waals surface area (Å²) in [7, 11) is 3.43. The molecule has 1 aliphatic heterocycles. The van der Waals surface area contributed by atoms with Gasteiger partial charge in [0, 0.05) is 0 Å². The molecule has 0 aliphatic carbocycles. The van der Waals surface area contributed by atoms with Crippen LogP contribution in [0.25, 0.3) is 5.57 Å². The Labute approximate surface area is 160 Å². The Balaban J connectivity index is 1.81. The molecular weight excluding hydrogens is 387 g/mol. The van der Waals surface area contributed by atoms with Crippen molar-refractivity contribution in [2.24, 2.45) is 0 Å². The second-order valence-electron chi connectivity index (χ2n) is 6.14. The van der Waals surface area contributed by atoms with E-state index in [9.17, 15) is 0 Å². The van der Waals surface area contributed by atoms with E-state index in [0.717, 1.165) is 11.5 Å². The van der Waals surface area contributed by atoms with E-state index in [1.807, 2.05) is 12.1 Å². The van der Waals surface area contributed by atoms with Gasteiger partial charge in [0.1, 0.15) is 0 Å². The average Bonchev–Trinajstić information content (AvgIpc) is 2.73. The summed E-state index contributed by atoms with van der Waals surface area (Å²) in [5.41, 5.74) is 6.55. The van der Waals surface area contributed by atoms with E-state index in [2.05, 4.69) is 65.6 Å². The quantitative estimate of drug-likeness (QED) is 0.573. The summed E-state index contributed by atoms with van der Waals surface area (Å²) in [5, 5.41) is 0. The number of fused-ring (bicyclic) bond motifs is 1. The molecule has 0 bridgehead atoms. The molecule has 130 valence electrons. The Morgan fingerprint density at radius 1 is 0.769 bits per heavy atom. The van der Waals surface area contributed by atoms with Crippen molar-refractivity contribution in [2.45, 2.75) is 4.82 Å². The van der Waals surface area contributed by atoms with Crippen molar-refractivity contribution in [3.8, 4) is 11.5 Å². The third kappa shape index (κ3) is 3.16. The zero-order valence-electron chi connectivity index (χ0n) is 14.8. The van der Waals surface area contributed by atoms with Crippen LogP contribution in [-0.2, 0) is 0 Å². The van der Waals surface area contributed by atoms with Gasteiger partial charge in [0.15, 0.2) is 0 Å². The Morgan fingerprint density at radius 2 is 1.46 bits per heavy atom. The van der Waals surface area contributed by atoms with Crippen LogP contribution in [0.1, 0.15) is 27.1 Å². The average molecular weight is 407 g/mol. The van der Waals surface area contributed by atoms with Crippen LogP contribution in [0.5, 0.6) is 11.5 Å². The number of hydrogen-bond donors (Lipinski definition) is 0. The third-order valence-electron chi connectivity index (χ3n) is 4.66. The summed E-state index contributed by atoms with van der Waals surface area (Å²) in [4.78, 5) is 2.82. The molecule has 0 N–H and O–H groups in total. The standard InChI is InChI=1S/C23H20O2Se/c1-24-18-10-8-17(9-11-18)23-20-13-12-19(25-2)14-21(20)22(15-26-23)16-6-4-3-5-7-16/h3-15,23H,1-2H3. The van der Waals surface area contributed by atoms with Gasteiger partial charge in [-0.25, -0.2) is 0 Å². The minimum atomic E-state index is 0.335. The zero-order chi connectivity index (χ0) is 17.9. The molecule has 0 saturated heterocycles. The Hall–Kier alpha value is -2.48. The monoisotopic (exact) mass is 408 g/mol. The number of rotatable bonds is 4. The molecule has 3 aromatic rings. The zero-order valence-corrected chi connectivity index (χ0v) is 16.5. The molecule has 0 radical (unpaired) electrons. The first kappa shape index (κ1) is 17.0. The van der Waals surface area contributed by atoms with Gasteiger partial charge in [-0.3, -0.25) is 0 Å². The predicted octanol–water partition coefficient (Wildman–Crippen LogP) is 4.90. The van der Waals surface area contributed by atoms with E-state index in [1.165, 1.54) is 27.8 Å². The summed E-state index contributed by atoms with van der Waals surface area (Å²) >= 11 is 0.335. The minimum absolute atomic E-state index is 0.335. The van der Waals surface area contributed by atoms with Crippen LogP contribution in [0, 0.1) is 0 Å². The van der Waals surface area contributed by atoms with Gasteiger partial charge >= 0.3 is 161 Å². The van der Waals surface area contributed by atoms with Crippen molar-refractivity contribution in [3.63, 3.8) is 0 Å². The van der Waals surface area contributed by atoms with Crippen molar-refractivity contribution >= 4 is 20.5 Å². The first-order valence-corrected chi connectivity index (χ1v) is 10.5. The fourth-order valence-corrected chi connectivity index (χ4v) is 5.80. The predicted molar refractivity (Wildman–Crippen MR) is 107 cm³/mol. The van der Waals surface area contributed by atoms with Gasteiger partial charge in [-0.15, -0.1) is 0 Å². The molecule has 1 aliphatic rings. The van der Waals surface area contributed by atoms with Gasteiger partial charge in [0.05, 0.1) is 0 Å². The van der Waals surface area contributed by atoms with Gasteiger partial charge in [-0.2, -0.15) is 0 Å². The van der Waals surface area contributed by atoms with Gasteiger partial charge in [-0.05, 0) is 0 Å². The van der Waals surface area contributed by atoms with E-state index in [1.54, 1.807) is 14.2 Å². The van der Waals surface area contributed by atoms with Crippen LogP contribution in [0.3, 0.4) is 0 Å². The first-order chi connectivity index (χ1) is 12.8. The summed E-state index contributed by atoms with van der Waals surface area (Å²) in [5.74, 6) is 1.79. The molecule has 0 fully saturated rings. The Bertz CT molecular complexity index is 930. The molecule has 3 heteroatoms. The molecule has 1 unspecified atom stereocenters. The second-order valence-corrected chi connectivity index (χ2v) is 8.19. The van der Waals surface area contributed by atoms with Crippen LogP contribution in [0.2, 0.25) is 0 Å². The maximum absolute atomic E-state index is 5.50. The van der Waals surface area contributed by atoms with Crippen molar-refractivity contribution in [1.82, 2.24) is 0 Å². The van der Waals surface area contributed by atoms with Crippen molar-refractivity contribution < 1.29 is 9.47 Å². The van der Waals surface area contributed by atoms with Crippen LogP contribution in [0.15, 0.2) is 77.8 Å². The second kappa shape index (κ2) is 7.41. The topological polar surface area (TPSA) is 18.5 Å². The molecule has 2 nitrogen and oxygen atoms in total. The molecule has 0 aromatic heterocycles. The number of hydrogen-bond acceptors (Lipinski definition) is 2. The molecule has 26 heavy (non-hydrogen) atoms. The van der Waals surface area contributed by atoms with Crippen molar-refractivity contribution in [3.05, 3.63) is 100 Å². The van der Waals surface area contributed by atoms with E-state index in [-0.39, 0.29) is 0 Å². The van der Waals surface area contributed by atoms with Gasteiger partial charge < -0.3 is 0 Å². The van der Waals surface area contributed by atoms with E-state index in [4.69, 9.17) is 9.47 Å². The maximum atomic E-state index is 5.50. The fourth-order valence-electron chi connectivity index (χ4n) is 3.28. The van der Waals surface area contributed by atoms with E-state index < -0.39 is 0 Å². The van der Waals surface area contributed by atoms with E-state index in [0.29, 0.717) is 19.8 Å². The van der Waals surface area contributed by atoms with Gasteiger partial charge in [-0.1, -0.05) is 0 Å². The van der Waals surface area contributed by atoms with Crippen LogP contribution in [-0.4, -0.2) is 29.2 Å². The van der Waals surface area contributed by atoms with Gasteiger partial charge in [0.25, 0.3) is 0 Å². The molecule has 3 aromatic carbocycles. The molecule has 4 rings (SSSR count). The van der Waals surface area contributed by atoms with Crippen molar-refractivity contribution in [1.29, 1.82) is 0 Å². The molecule has 0 amide bonds. The molecule has 1 heterocycles. The SMILES string of the molecule is COc1ccc(C2[Se]C=C(c3ccccc3)c3cc(OC)ccc32)cc1. The summed E-state index contributed by atoms with van der Waals surface area (Å²) < 4.78 is 10.8. The summed E-state index contributed by atoms with van der Waals surface area (Å²) in [6.07, 6.45) is 0. The summed E-state index contributed by atoms with van der Waals surface area (Å²) in [6.45, 7) is 0. The Kier molecular flexibility index (Phi) is 4.83. The number of ether oxygens (including phenoxy) is 2. The first-order valence-electron chi connectivity index (χ1n) is 8.53. The normalized spacial score (nSPS) is 15.8. The molecule has 0 saturated carbocycles.